The maximum Gasteiger partial charge on any atom is 0.0220 e. The summed E-state index contributed by atoms with van der Waals surface area (Å²) in [5.74, 6) is 0. The highest BCUT2D eigenvalue weighted by atomic mass is 15.2. The van der Waals surface area contributed by atoms with Gasteiger partial charge in [0.25, 0.3) is 0 Å². The molecular weight excluding hydrogens is 184 g/mol. The number of hydrogen-bond donors (Lipinski definition) is 1. The molecule has 0 amide bonds. The summed E-state index contributed by atoms with van der Waals surface area (Å²) < 4.78 is 0. The van der Waals surface area contributed by atoms with Crippen molar-refractivity contribution in [2.45, 2.75) is 64.5 Å². The van der Waals surface area contributed by atoms with Crippen molar-refractivity contribution < 1.29 is 0 Å². The van der Waals surface area contributed by atoms with Crippen LogP contribution in [0.3, 0.4) is 0 Å². The van der Waals surface area contributed by atoms with E-state index in [0.717, 1.165) is 18.6 Å². The summed E-state index contributed by atoms with van der Waals surface area (Å²) in [7, 11) is 2.07. The van der Waals surface area contributed by atoms with Crippen molar-refractivity contribution >= 4 is 0 Å². The highest BCUT2D eigenvalue weighted by Crippen LogP contribution is 2.24. The van der Waals surface area contributed by atoms with Crippen LogP contribution in [0.4, 0.5) is 0 Å². The van der Waals surface area contributed by atoms with Gasteiger partial charge in [0.15, 0.2) is 0 Å². The second kappa shape index (κ2) is 7.24. The lowest BCUT2D eigenvalue weighted by molar-refractivity contribution is 0.107. The summed E-state index contributed by atoms with van der Waals surface area (Å²) in [4.78, 5) is 2.73. The fourth-order valence-corrected chi connectivity index (χ4v) is 2.96. The molecule has 0 radical (unpaired) electrons. The Morgan fingerprint density at radius 2 is 1.87 bits per heavy atom. The molecule has 0 aromatic rings. The topological polar surface area (TPSA) is 15.3 Å². The van der Waals surface area contributed by atoms with Crippen molar-refractivity contribution in [1.29, 1.82) is 0 Å². The first-order valence-corrected chi connectivity index (χ1v) is 6.73. The molecule has 15 heavy (non-hydrogen) atoms. The van der Waals surface area contributed by atoms with Gasteiger partial charge in [-0.05, 0) is 32.9 Å². The molecule has 1 saturated carbocycles. The van der Waals surface area contributed by atoms with Crippen molar-refractivity contribution in [3.63, 3.8) is 0 Å². The van der Waals surface area contributed by atoms with E-state index in [1.807, 2.05) is 0 Å². The molecule has 1 aliphatic rings. The molecule has 1 atom stereocenters. The summed E-state index contributed by atoms with van der Waals surface area (Å²) in [5, 5.41) is 3.33. The Morgan fingerprint density at radius 1 is 1.20 bits per heavy atom. The maximum absolute atomic E-state index is 3.33. The van der Waals surface area contributed by atoms with Gasteiger partial charge >= 0.3 is 0 Å². The molecule has 1 aliphatic carbocycles. The summed E-state index contributed by atoms with van der Waals surface area (Å²) in [6.45, 7) is 6.98. The van der Waals surface area contributed by atoms with Crippen LogP contribution < -0.4 is 5.32 Å². The molecule has 0 aliphatic heterocycles. The van der Waals surface area contributed by atoms with Crippen molar-refractivity contribution in [1.82, 2.24) is 10.2 Å². The maximum atomic E-state index is 3.33. The molecule has 0 spiro atoms. The van der Waals surface area contributed by atoms with E-state index in [9.17, 15) is 0 Å². The molecule has 2 nitrogen and oxygen atoms in total. The van der Waals surface area contributed by atoms with Crippen LogP contribution in [0.15, 0.2) is 0 Å². The second-order valence-corrected chi connectivity index (χ2v) is 4.74. The Hall–Kier alpha value is -0.0800. The minimum Gasteiger partial charge on any atom is -0.318 e. The van der Waals surface area contributed by atoms with Crippen molar-refractivity contribution in [3.8, 4) is 0 Å². The molecule has 1 rings (SSSR count). The Labute approximate surface area is 95.4 Å². The van der Waals surface area contributed by atoms with E-state index in [0.29, 0.717) is 0 Å². The van der Waals surface area contributed by atoms with Gasteiger partial charge in [-0.3, -0.25) is 4.90 Å². The first kappa shape index (κ1) is 13.0. The smallest absolute Gasteiger partial charge is 0.0220 e. The molecular formula is C13H28N2. The van der Waals surface area contributed by atoms with Gasteiger partial charge in [0.05, 0.1) is 0 Å². The van der Waals surface area contributed by atoms with Gasteiger partial charge in [-0.1, -0.05) is 33.1 Å². The summed E-state index contributed by atoms with van der Waals surface area (Å²) >= 11 is 0. The van der Waals surface area contributed by atoms with Gasteiger partial charge < -0.3 is 5.32 Å². The predicted molar refractivity (Wildman–Crippen MR) is 67.3 cm³/mol. The lowest BCUT2D eigenvalue weighted by Crippen LogP contribution is -2.47. The zero-order valence-electron chi connectivity index (χ0n) is 10.8. The summed E-state index contributed by atoms with van der Waals surface area (Å²) in [6, 6.07) is 1.60. The van der Waals surface area contributed by atoms with Crippen molar-refractivity contribution in [2.75, 3.05) is 20.1 Å². The molecule has 0 saturated heterocycles. The number of nitrogens with zero attached hydrogens (tertiary/aromatic N) is 1. The van der Waals surface area contributed by atoms with Gasteiger partial charge in [-0.2, -0.15) is 0 Å². The zero-order chi connectivity index (χ0) is 11.1. The quantitative estimate of drug-likeness (QED) is 0.728. The zero-order valence-corrected chi connectivity index (χ0v) is 10.8. The fourth-order valence-electron chi connectivity index (χ4n) is 2.96. The minimum atomic E-state index is 0.739. The van der Waals surface area contributed by atoms with E-state index >= 15 is 0 Å². The van der Waals surface area contributed by atoms with Crippen LogP contribution in [0.2, 0.25) is 0 Å². The molecule has 0 aromatic heterocycles. The van der Waals surface area contributed by atoms with Crippen LogP contribution in [-0.4, -0.2) is 37.1 Å². The predicted octanol–water partition coefficient (Wildman–Crippen LogP) is 2.64. The molecule has 0 aromatic carbocycles. The lowest BCUT2D eigenvalue weighted by atomic mass is 9.92. The van der Waals surface area contributed by atoms with Gasteiger partial charge in [0.1, 0.15) is 0 Å². The highest BCUT2D eigenvalue weighted by Gasteiger charge is 2.24. The third-order valence-electron chi connectivity index (χ3n) is 3.79. The fraction of sp³-hybridized carbons (Fsp3) is 1.00. The standard InChI is InChI=1S/C13H28N2/c1-4-12(11-14-3)15(5-2)13-9-7-6-8-10-13/h12-14H,4-11H2,1-3H3. The number of rotatable bonds is 6. The van der Waals surface area contributed by atoms with Gasteiger partial charge in [0, 0.05) is 18.6 Å². The van der Waals surface area contributed by atoms with Crippen LogP contribution in [0.5, 0.6) is 0 Å². The van der Waals surface area contributed by atoms with Crippen LogP contribution in [0, 0.1) is 0 Å². The number of hydrogen-bond acceptors (Lipinski definition) is 2. The van der Waals surface area contributed by atoms with Crippen molar-refractivity contribution in [3.05, 3.63) is 0 Å². The van der Waals surface area contributed by atoms with Gasteiger partial charge in [-0.25, -0.2) is 0 Å². The summed E-state index contributed by atoms with van der Waals surface area (Å²) in [6.07, 6.45) is 8.46. The number of likely N-dealkylation sites (N-methyl/N-ethyl adjacent to an activating group) is 2. The summed E-state index contributed by atoms with van der Waals surface area (Å²) in [5.41, 5.74) is 0. The van der Waals surface area contributed by atoms with Crippen LogP contribution >= 0.6 is 0 Å². The molecule has 2 heteroatoms. The van der Waals surface area contributed by atoms with E-state index in [4.69, 9.17) is 0 Å². The highest BCUT2D eigenvalue weighted by molar-refractivity contribution is 4.81. The molecule has 1 N–H and O–H groups in total. The normalized spacial score (nSPS) is 20.8. The van der Waals surface area contributed by atoms with Crippen molar-refractivity contribution in [2.24, 2.45) is 0 Å². The Bertz CT molecular complexity index is 148. The second-order valence-electron chi connectivity index (χ2n) is 4.74. The first-order chi connectivity index (χ1) is 7.33. The van der Waals surface area contributed by atoms with Gasteiger partial charge in [-0.15, -0.1) is 0 Å². The Morgan fingerprint density at radius 3 is 2.33 bits per heavy atom. The molecule has 1 fully saturated rings. The lowest BCUT2D eigenvalue weighted by Gasteiger charge is -2.39. The SMILES string of the molecule is CCC(CNC)N(CC)C1CCCCC1. The number of nitrogens with one attached hydrogen (secondary N) is 1. The average molecular weight is 212 g/mol. The molecule has 1 unspecified atom stereocenters. The molecule has 0 heterocycles. The minimum absolute atomic E-state index is 0.739. The Balaban J connectivity index is 2.50. The van der Waals surface area contributed by atoms with Crippen LogP contribution in [0.1, 0.15) is 52.4 Å². The molecule has 0 bridgehead atoms. The van der Waals surface area contributed by atoms with Crippen LogP contribution in [-0.2, 0) is 0 Å². The van der Waals surface area contributed by atoms with E-state index in [2.05, 4.69) is 31.1 Å². The van der Waals surface area contributed by atoms with E-state index in [1.165, 1.54) is 45.1 Å². The average Bonchev–Trinajstić information content (AvgIpc) is 2.30. The van der Waals surface area contributed by atoms with E-state index < -0.39 is 0 Å². The van der Waals surface area contributed by atoms with E-state index in [-0.39, 0.29) is 0 Å². The first-order valence-electron chi connectivity index (χ1n) is 6.73. The van der Waals surface area contributed by atoms with Crippen LogP contribution in [0.25, 0.3) is 0 Å². The Kier molecular flexibility index (Phi) is 6.26. The third kappa shape index (κ3) is 3.76. The molecule has 90 valence electrons. The van der Waals surface area contributed by atoms with Gasteiger partial charge in [0.2, 0.25) is 0 Å². The largest absolute Gasteiger partial charge is 0.318 e. The monoisotopic (exact) mass is 212 g/mol. The third-order valence-corrected chi connectivity index (χ3v) is 3.79. The van der Waals surface area contributed by atoms with E-state index in [1.54, 1.807) is 0 Å².